The second-order valence-electron chi connectivity index (χ2n) is 22.4. The zero-order valence-electron chi connectivity index (χ0n) is 40.0. The molecule has 1 nitrogen and oxygen atoms in total. The lowest BCUT2D eigenvalue weighted by molar-refractivity contribution is 0.586. The Labute approximate surface area is 393 Å². The molecule has 0 saturated heterocycles. The zero-order chi connectivity index (χ0) is 45.3. The Hall–Kier alpha value is -6.44. The van der Waals surface area contributed by atoms with Gasteiger partial charge in [-0.25, -0.2) is 0 Å². The summed E-state index contributed by atoms with van der Waals surface area (Å²) in [6.07, 6.45) is 5.28. The van der Waals surface area contributed by atoms with Crippen LogP contribution in [0.15, 0.2) is 170 Å². The number of hydrogen-bond donors (Lipinski definition) is 0. The number of rotatable bonds is 5. The summed E-state index contributed by atoms with van der Waals surface area (Å²) < 4.78 is 0. The summed E-state index contributed by atoms with van der Waals surface area (Å²) in [5, 5.41) is 0. The second-order valence-corrected chi connectivity index (χ2v) is 22.4. The van der Waals surface area contributed by atoms with Gasteiger partial charge in [0.15, 0.2) is 0 Å². The van der Waals surface area contributed by atoms with E-state index >= 15 is 0 Å². The number of hydrogen-bond acceptors (Lipinski definition) is 1. The van der Waals surface area contributed by atoms with Gasteiger partial charge < -0.3 is 4.90 Å². The number of nitrogens with zero attached hydrogens (tertiary/aromatic N) is 1. The predicted molar refractivity (Wildman–Crippen MR) is 279 cm³/mol. The van der Waals surface area contributed by atoms with E-state index in [9.17, 15) is 0 Å². The lowest BCUT2D eigenvalue weighted by Gasteiger charge is -2.35. The van der Waals surface area contributed by atoms with Gasteiger partial charge in [0.05, 0.1) is 16.8 Å². The summed E-state index contributed by atoms with van der Waals surface area (Å²) in [7, 11) is 0. The van der Waals surface area contributed by atoms with Crippen LogP contribution in [0.2, 0.25) is 0 Å². The highest BCUT2D eigenvalue weighted by Gasteiger charge is 2.53. The molecule has 326 valence electrons. The maximum absolute atomic E-state index is 2.62. The van der Waals surface area contributed by atoms with Crippen LogP contribution < -0.4 is 4.90 Å². The van der Waals surface area contributed by atoms with Gasteiger partial charge in [0.2, 0.25) is 0 Å². The van der Waals surface area contributed by atoms with Crippen molar-refractivity contribution in [2.75, 3.05) is 4.90 Å². The highest BCUT2D eigenvalue weighted by molar-refractivity contribution is 5.99. The Morgan fingerprint density at radius 2 is 0.909 bits per heavy atom. The first-order valence-electron chi connectivity index (χ1n) is 24.5. The molecular weight excluding hydrogens is 795 g/mol. The minimum absolute atomic E-state index is 0.0156. The van der Waals surface area contributed by atoms with Crippen LogP contribution in [0.3, 0.4) is 0 Å². The molecular formula is C65H61N. The number of para-hydroxylation sites is 1. The van der Waals surface area contributed by atoms with Gasteiger partial charge in [0, 0.05) is 16.7 Å². The van der Waals surface area contributed by atoms with Gasteiger partial charge in [0.25, 0.3) is 0 Å². The molecule has 8 aromatic rings. The van der Waals surface area contributed by atoms with Crippen LogP contribution in [0, 0.1) is 0 Å². The van der Waals surface area contributed by atoms with E-state index in [4.69, 9.17) is 0 Å². The normalized spacial score (nSPS) is 16.1. The van der Waals surface area contributed by atoms with Crippen molar-refractivity contribution in [2.24, 2.45) is 0 Å². The molecule has 0 heterocycles. The van der Waals surface area contributed by atoms with Crippen LogP contribution >= 0.6 is 0 Å². The van der Waals surface area contributed by atoms with Crippen LogP contribution in [0.5, 0.6) is 0 Å². The fraction of sp³-hybridized carbons (Fsp3) is 0.262. The molecule has 1 spiro atoms. The van der Waals surface area contributed by atoms with E-state index in [-0.39, 0.29) is 16.2 Å². The molecule has 0 atom stereocenters. The SMILES string of the molecule is CC(C)(C)c1ccc2c(c1)C1(c3ccccc3-c3ccc(N(c4ccccc4-c4ccc(C5CCCC5)cc4)c4cccc5c4C(C)(C)c4ccccc4-5)cc31)c1cc(C(C)(C)C)ccc1-2. The molecule has 0 unspecified atom stereocenters. The minimum Gasteiger partial charge on any atom is -0.310 e. The lowest BCUT2D eigenvalue weighted by atomic mass is 9.68. The summed E-state index contributed by atoms with van der Waals surface area (Å²) in [5.74, 6) is 0.675. The van der Waals surface area contributed by atoms with Crippen LogP contribution in [-0.2, 0) is 21.7 Å². The van der Waals surface area contributed by atoms with Gasteiger partial charge in [-0.05, 0) is 143 Å². The molecule has 4 aliphatic rings. The lowest BCUT2D eigenvalue weighted by Crippen LogP contribution is -2.28. The Kier molecular flexibility index (Phi) is 9.03. The summed E-state index contributed by atoms with van der Waals surface area (Å²) >= 11 is 0. The molecule has 1 heteroatoms. The second kappa shape index (κ2) is 14.5. The number of fused-ring (bicyclic) bond motifs is 13. The topological polar surface area (TPSA) is 3.24 Å². The predicted octanol–water partition coefficient (Wildman–Crippen LogP) is 17.7. The van der Waals surface area contributed by atoms with Crippen molar-refractivity contribution in [2.45, 2.75) is 109 Å². The molecule has 4 aliphatic carbocycles. The van der Waals surface area contributed by atoms with E-state index in [0.29, 0.717) is 5.92 Å². The third kappa shape index (κ3) is 5.91. The molecule has 0 bridgehead atoms. The van der Waals surface area contributed by atoms with Gasteiger partial charge in [-0.3, -0.25) is 0 Å². The fourth-order valence-corrected chi connectivity index (χ4v) is 12.8. The van der Waals surface area contributed by atoms with E-state index in [2.05, 4.69) is 230 Å². The number of anilines is 3. The standard InChI is InChI=1S/C65H61N/c1-62(2,3)44-32-35-50-51-36-33-45(63(4,5)6)39-57(51)65(56(50)38-44)55-25-15-12-21-48(55)52-37-34-46(40-58(52)65)66(60-27-17-23-53-49-22-11-14-24-54(49)64(7,8)61(53)60)59-26-16-13-20-47(59)43-30-28-42(29-31-43)41-18-9-10-19-41/h11-17,20-41H,9-10,18-19H2,1-8H3. The molecule has 0 aromatic heterocycles. The maximum atomic E-state index is 2.62. The average molecular weight is 856 g/mol. The van der Waals surface area contributed by atoms with E-state index in [1.165, 1.54) is 137 Å². The average Bonchev–Trinajstić information content (AvgIpc) is 4.08. The van der Waals surface area contributed by atoms with Crippen LogP contribution in [-0.4, -0.2) is 0 Å². The van der Waals surface area contributed by atoms with Gasteiger partial charge in [-0.1, -0.05) is 214 Å². The Bertz CT molecular complexity index is 3180. The Morgan fingerprint density at radius 3 is 1.53 bits per heavy atom. The van der Waals surface area contributed by atoms with E-state index < -0.39 is 5.41 Å². The molecule has 8 aromatic carbocycles. The van der Waals surface area contributed by atoms with Crippen molar-refractivity contribution in [3.05, 3.63) is 220 Å². The molecule has 0 radical (unpaired) electrons. The van der Waals surface area contributed by atoms with Crippen molar-refractivity contribution >= 4 is 17.1 Å². The maximum Gasteiger partial charge on any atom is 0.0726 e. The van der Waals surface area contributed by atoms with Crippen molar-refractivity contribution in [1.29, 1.82) is 0 Å². The van der Waals surface area contributed by atoms with E-state index in [1.807, 2.05) is 0 Å². The molecule has 12 rings (SSSR count). The van der Waals surface area contributed by atoms with Crippen LogP contribution in [0.25, 0.3) is 44.5 Å². The summed E-state index contributed by atoms with van der Waals surface area (Å²) in [6, 6.07) is 66.3. The molecule has 0 aliphatic heterocycles. The summed E-state index contributed by atoms with van der Waals surface area (Å²) in [5.41, 5.74) is 25.8. The van der Waals surface area contributed by atoms with Crippen molar-refractivity contribution in [1.82, 2.24) is 0 Å². The quantitative estimate of drug-likeness (QED) is 0.167. The number of benzene rings is 8. The van der Waals surface area contributed by atoms with Crippen molar-refractivity contribution < 1.29 is 0 Å². The monoisotopic (exact) mass is 855 g/mol. The molecule has 1 saturated carbocycles. The molecule has 1 fully saturated rings. The van der Waals surface area contributed by atoms with E-state index in [0.717, 1.165) is 0 Å². The van der Waals surface area contributed by atoms with Crippen molar-refractivity contribution in [3.8, 4) is 44.5 Å². The van der Waals surface area contributed by atoms with Gasteiger partial charge in [-0.2, -0.15) is 0 Å². The van der Waals surface area contributed by atoms with Crippen LogP contribution in [0.1, 0.15) is 137 Å². The van der Waals surface area contributed by atoms with Gasteiger partial charge in [-0.15, -0.1) is 0 Å². The minimum atomic E-state index is -0.509. The van der Waals surface area contributed by atoms with E-state index in [1.54, 1.807) is 0 Å². The van der Waals surface area contributed by atoms with Crippen LogP contribution in [0.4, 0.5) is 17.1 Å². The fourth-order valence-electron chi connectivity index (χ4n) is 12.8. The summed E-state index contributed by atoms with van der Waals surface area (Å²) in [6.45, 7) is 19.0. The summed E-state index contributed by atoms with van der Waals surface area (Å²) in [4.78, 5) is 2.62. The van der Waals surface area contributed by atoms with Crippen molar-refractivity contribution in [3.63, 3.8) is 0 Å². The Balaban J connectivity index is 1.15. The first kappa shape index (κ1) is 41.0. The van der Waals surface area contributed by atoms with Gasteiger partial charge in [0.1, 0.15) is 0 Å². The van der Waals surface area contributed by atoms with Gasteiger partial charge >= 0.3 is 0 Å². The first-order valence-corrected chi connectivity index (χ1v) is 24.5. The Morgan fingerprint density at radius 1 is 0.424 bits per heavy atom. The molecule has 0 amide bonds. The first-order chi connectivity index (χ1) is 31.8. The highest BCUT2D eigenvalue weighted by atomic mass is 15.1. The zero-order valence-corrected chi connectivity index (χ0v) is 40.0. The molecule has 66 heavy (non-hydrogen) atoms. The molecule has 0 N–H and O–H groups in total. The highest BCUT2D eigenvalue weighted by Crippen LogP contribution is 2.65. The largest absolute Gasteiger partial charge is 0.310 e. The third-order valence-corrected chi connectivity index (χ3v) is 16.1. The third-order valence-electron chi connectivity index (χ3n) is 16.1. The smallest absolute Gasteiger partial charge is 0.0726 e.